The van der Waals surface area contributed by atoms with Crippen molar-refractivity contribution in [2.24, 2.45) is 11.7 Å². The van der Waals surface area contributed by atoms with E-state index in [0.29, 0.717) is 18.4 Å². The van der Waals surface area contributed by atoms with Crippen LogP contribution in [0.4, 0.5) is 5.82 Å². The Morgan fingerprint density at radius 3 is 2.80 bits per heavy atom. The molecule has 160 valence electrons. The monoisotopic (exact) mass is 416 g/mol. The minimum atomic E-state index is -1.92. The van der Waals surface area contributed by atoms with E-state index in [9.17, 15) is 20.3 Å². The van der Waals surface area contributed by atoms with Crippen molar-refractivity contribution in [3.63, 3.8) is 0 Å². The first-order chi connectivity index (χ1) is 14.4. The number of nitriles is 1. The smallest absolute Gasteiger partial charge is 0.309 e. The predicted molar refractivity (Wildman–Crippen MR) is 102 cm³/mol. The summed E-state index contributed by atoms with van der Waals surface area (Å²) in [5.41, 5.74) is 10.4. The lowest BCUT2D eigenvalue weighted by molar-refractivity contribution is -0.156. The molecule has 2 aromatic heterocycles. The van der Waals surface area contributed by atoms with Gasteiger partial charge in [-0.05, 0) is 37.8 Å². The lowest BCUT2D eigenvalue weighted by Crippen LogP contribution is -2.41. The fraction of sp³-hybridized carbons (Fsp3) is 0.579. The third-order valence-corrected chi connectivity index (χ3v) is 5.98. The number of carbonyl (C=O) groups is 1. The molecule has 2 aliphatic rings. The summed E-state index contributed by atoms with van der Waals surface area (Å²) in [7, 11) is 0. The van der Waals surface area contributed by atoms with Crippen LogP contribution in [0.1, 0.15) is 31.4 Å². The quantitative estimate of drug-likeness (QED) is 0.461. The molecule has 3 heterocycles. The summed E-state index contributed by atoms with van der Waals surface area (Å²) in [4.78, 5) is 16.2. The molecule has 1 saturated carbocycles. The molecule has 11 heteroatoms. The van der Waals surface area contributed by atoms with Gasteiger partial charge in [0.2, 0.25) is 5.60 Å². The van der Waals surface area contributed by atoms with E-state index in [0.717, 1.165) is 12.8 Å². The zero-order valence-electron chi connectivity index (χ0n) is 16.2. The molecule has 6 N–H and O–H groups in total. The Morgan fingerprint density at radius 1 is 1.37 bits per heavy atom. The van der Waals surface area contributed by atoms with Gasteiger partial charge in [-0.25, -0.2) is 9.50 Å². The molecule has 2 aromatic rings. The number of nitrogen functional groups attached to an aromatic ring is 1. The first-order valence-corrected chi connectivity index (χ1v) is 9.83. The van der Waals surface area contributed by atoms with Gasteiger partial charge in [-0.1, -0.05) is 0 Å². The molecule has 11 nitrogen and oxygen atoms in total. The highest BCUT2D eigenvalue weighted by Gasteiger charge is 2.57. The first kappa shape index (κ1) is 20.5. The topological polar surface area (TPSA) is 182 Å². The molecule has 0 radical (unpaired) electrons. The van der Waals surface area contributed by atoms with Crippen LogP contribution in [0.2, 0.25) is 0 Å². The Labute approximate surface area is 172 Å². The standard InChI is InChI=1S/C19H24N6O5/c20-8-19(14-6-5-12-17(22)23-9-24-25(12)14)16(27)15(26)13(30-19)7-29-18(28)10-1-3-11(21)4-2-10/h5-6,9-11,13,15-16,26-27H,1-4,7,21H2,(H2,22,23,24)/t10?,11?,13-,15-,16-,19+/m1/s1. The zero-order chi connectivity index (χ0) is 21.5. The summed E-state index contributed by atoms with van der Waals surface area (Å²) in [6, 6.07) is 5.17. The van der Waals surface area contributed by atoms with Crippen molar-refractivity contribution in [3.8, 4) is 6.07 Å². The highest BCUT2D eigenvalue weighted by Crippen LogP contribution is 2.40. The van der Waals surface area contributed by atoms with Gasteiger partial charge in [0.05, 0.1) is 11.6 Å². The van der Waals surface area contributed by atoms with Crippen LogP contribution >= 0.6 is 0 Å². The normalized spacial score (nSPS) is 34.0. The number of hydrogen-bond donors (Lipinski definition) is 4. The molecule has 0 bridgehead atoms. The molecule has 0 amide bonds. The molecule has 30 heavy (non-hydrogen) atoms. The second-order valence-corrected chi connectivity index (χ2v) is 7.84. The molecular weight excluding hydrogens is 392 g/mol. The third kappa shape index (κ3) is 3.27. The first-order valence-electron chi connectivity index (χ1n) is 9.83. The summed E-state index contributed by atoms with van der Waals surface area (Å²) in [5, 5.41) is 35.1. The molecule has 2 fully saturated rings. The fourth-order valence-electron chi connectivity index (χ4n) is 4.19. The maximum absolute atomic E-state index is 12.4. The van der Waals surface area contributed by atoms with Gasteiger partial charge in [0.1, 0.15) is 42.8 Å². The molecule has 1 aliphatic carbocycles. The van der Waals surface area contributed by atoms with E-state index in [1.54, 1.807) is 6.07 Å². The van der Waals surface area contributed by atoms with Crippen molar-refractivity contribution in [1.29, 1.82) is 5.26 Å². The van der Waals surface area contributed by atoms with E-state index in [-0.39, 0.29) is 30.1 Å². The second kappa shape index (κ2) is 7.81. The highest BCUT2D eigenvalue weighted by molar-refractivity contribution is 5.72. The predicted octanol–water partition coefficient (Wildman–Crippen LogP) is -0.788. The second-order valence-electron chi connectivity index (χ2n) is 7.84. The number of carbonyl (C=O) groups excluding carboxylic acids is 1. The van der Waals surface area contributed by atoms with Crippen LogP contribution in [0, 0.1) is 17.2 Å². The maximum Gasteiger partial charge on any atom is 0.309 e. The van der Waals surface area contributed by atoms with E-state index in [4.69, 9.17) is 20.9 Å². The van der Waals surface area contributed by atoms with Crippen molar-refractivity contribution >= 4 is 17.3 Å². The Kier molecular flexibility index (Phi) is 5.33. The minimum absolute atomic E-state index is 0.107. The Hall–Kier alpha value is -2.78. The van der Waals surface area contributed by atoms with Gasteiger partial charge in [0.15, 0.2) is 5.82 Å². The van der Waals surface area contributed by atoms with Crippen LogP contribution in [0.3, 0.4) is 0 Å². The van der Waals surface area contributed by atoms with Crippen molar-refractivity contribution in [2.75, 3.05) is 12.3 Å². The lowest BCUT2D eigenvalue weighted by Gasteiger charge is -2.25. The fourth-order valence-corrected chi connectivity index (χ4v) is 4.19. The molecule has 0 spiro atoms. The molecule has 1 aliphatic heterocycles. The number of ether oxygens (including phenoxy) is 2. The molecule has 0 aromatic carbocycles. The maximum atomic E-state index is 12.4. The number of aliphatic hydroxyl groups is 2. The number of aliphatic hydroxyl groups excluding tert-OH is 2. The van der Waals surface area contributed by atoms with Crippen molar-refractivity contribution in [3.05, 3.63) is 24.2 Å². The summed E-state index contributed by atoms with van der Waals surface area (Å²) in [6.45, 7) is -0.288. The van der Waals surface area contributed by atoms with Crippen LogP contribution in [0.25, 0.3) is 5.52 Å². The van der Waals surface area contributed by atoms with Crippen LogP contribution in [0.5, 0.6) is 0 Å². The van der Waals surface area contributed by atoms with Crippen molar-refractivity contribution in [2.45, 2.75) is 55.6 Å². The summed E-state index contributed by atoms with van der Waals surface area (Å²) < 4.78 is 12.5. The van der Waals surface area contributed by atoms with E-state index in [1.807, 2.05) is 6.07 Å². The molecule has 4 rings (SSSR count). The van der Waals surface area contributed by atoms with E-state index < -0.39 is 29.9 Å². The lowest BCUT2D eigenvalue weighted by atomic mass is 9.86. The van der Waals surface area contributed by atoms with E-state index in [1.165, 1.54) is 16.9 Å². The van der Waals surface area contributed by atoms with Gasteiger partial charge in [-0.15, -0.1) is 0 Å². The van der Waals surface area contributed by atoms with Gasteiger partial charge < -0.3 is 31.2 Å². The van der Waals surface area contributed by atoms with Crippen LogP contribution in [-0.2, 0) is 19.9 Å². The third-order valence-electron chi connectivity index (χ3n) is 5.98. The van der Waals surface area contributed by atoms with Gasteiger partial charge in [0.25, 0.3) is 0 Å². The SMILES string of the molecule is N#C[C@@]1(c2ccc3c(N)ncnn23)O[C@H](COC(=O)C2CCC(N)CC2)[C@@H](O)[C@H]1O. The number of fused-ring (bicyclic) bond motifs is 1. The van der Waals surface area contributed by atoms with Gasteiger partial charge in [-0.3, -0.25) is 4.79 Å². The van der Waals surface area contributed by atoms with E-state index >= 15 is 0 Å². The van der Waals surface area contributed by atoms with Gasteiger partial charge >= 0.3 is 5.97 Å². The number of nitrogens with zero attached hydrogens (tertiary/aromatic N) is 4. The number of aromatic nitrogens is 3. The number of esters is 1. The molecular formula is C19H24N6O5. The zero-order valence-corrected chi connectivity index (χ0v) is 16.2. The average molecular weight is 416 g/mol. The molecule has 4 atom stereocenters. The van der Waals surface area contributed by atoms with Crippen LogP contribution in [-0.4, -0.2) is 61.7 Å². The summed E-state index contributed by atoms with van der Waals surface area (Å²) in [6.07, 6.45) is -0.0966. The Morgan fingerprint density at radius 2 is 2.10 bits per heavy atom. The Bertz CT molecular complexity index is 981. The van der Waals surface area contributed by atoms with E-state index in [2.05, 4.69) is 10.1 Å². The number of anilines is 1. The Balaban J connectivity index is 1.52. The largest absolute Gasteiger partial charge is 0.463 e. The number of hydrogen-bond acceptors (Lipinski definition) is 10. The van der Waals surface area contributed by atoms with Crippen LogP contribution < -0.4 is 11.5 Å². The van der Waals surface area contributed by atoms with Crippen LogP contribution in [0.15, 0.2) is 18.5 Å². The molecule has 0 unspecified atom stereocenters. The average Bonchev–Trinajstić information content (AvgIpc) is 3.29. The highest BCUT2D eigenvalue weighted by atomic mass is 16.6. The van der Waals surface area contributed by atoms with Gasteiger partial charge in [-0.2, -0.15) is 10.4 Å². The summed E-state index contributed by atoms with van der Waals surface area (Å²) >= 11 is 0. The molecule has 1 saturated heterocycles. The van der Waals surface area contributed by atoms with Crippen molar-refractivity contribution < 1.29 is 24.5 Å². The number of nitrogens with two attached hydrogens (primary N) is 2. The van der Waals surface area contributed by atoms with Crippen molar-refractivity contribution in [1.82, 2.24) is 14.6 Å². The summed E-state index contributed by atoms with van der Waals surface area (Å²) in [5.74, 6) is -0.450. The van der Waals surface area contributed by atoms with Gasteiger partial charge in [0, 0.05) is 6.04 Å². The number of rotatable bonds is 4. The minimum Gasteiger partial charge on any atom is -0.463 e.